The van der Waals surface area contributed by atoms with Gasteiger partial charge < -0.3 is 5.41 Å². The Kier molecular flexibility index (Phi) is 7.53. The normalized spacial score (nSPS) is 13.9. The van der Waals surface area contributed by atoms with Crippen molar-refractivity contribution in [2.24, 2.45) is 0 Å². The maximum absolute atomic E-state index is 8.93. The molecule has 31 heavy (non-hydrogen) atoms. The van der Waals surface area contributed by atoms with Crippen LogP contribution in [-0.4, -0.2) is 11.4 Å². The fourth-order valence-electron chi connectivity index (χ4n) is 3.68. The molecule has 0 radical (unpaired) electrons. The first kappa shape index (κ1) is 22.2. The summed E-state index contributed by atoms with van der Waals surface area (Å²) in [7, 11) is 0. The summed E-state index contributed by atoms with van der Waals surface area (Å²) in [6.07, 6.45) is 7.11. The fraction of sp³-hybridized carbons (Fsp3) is 0.0714. The minimum atomic E-state index is 0. The second-order valence-corrected chi connectivity index (χ2v) is 7.41. The Morgan fingerprint density at radius 1 is 0.581 bits per heavy atom. The van der Waals surface area contributed by atoms with Crippen LogP contribution in [0.4, 0.5) is 0 Å². The van der Waals surface area contributed by atoms with Crippen LogP contribution in [0.5, 0.6) is 0 Å². The van der Waals surface area contributed by atoms with E-state index in [0.717, 1.165) is 33.4 Å². The highest BCUT2D eigenvalue weighted by Crippen LogP contribution is 2.27. The standard InChI is InChI=1S/C28H24N2.ClH/c29-27-20-24(17-16-21-10-4-1-5-11-21)28(30)26(19-23-14-8-3-9-15-23)25(27)18-22-12-6-2-7-13-22;/h1-17,20,29-30H,18-19H2;1H. The van der Waals surface area contributed by atoms with Gasteiger partial charge in [0.2, 0.25) is 0 Å². The average Bonchev–Trinajstić information content (AvgIpc) is 2.79. The van der Waals surface area contributed by atoms with Gasteiger partial charge in [0.05, 0.1) is 11.4 Å². The number of rotatable bonds is 6. The van der Waals surface area contributed by atoms with Gasteiger partial charge in [-0.05, 0) is 46.8 Å². The molecule has 0 unspecified atom stereocenters. The second kappa shape index (κ2) is 10.5. The van der Waals surface area contributed by atoms with E-state index in [2.05, 4.69) is 24.3 Å². The van der Waals surface area contributed by atoms with Crippen LogP contribution in [0.25, 0.3) is 6.08 Å². The van der Waals surface area contributed by atoms with Crippen LogP contribution in [0.15, 0.2) is 120 Å². The van der Waals surface area contributed by atoms with Crippen molar-refractivity contribution >= 4 is 29.9 Å². The molecule has 0 saturated heterocycles. The molecule has 0 heterocycles. The number of benzene rings is 3. The van der Waals surface area contributed by atoms with Crippen LogP contribution in [0, 0.1) is 10.8 Å². The number of allylic oxidation sites excluding steroid dienone is 5. The third kappa shape index (κ3) is 5.56. The number of hydrogen-bond acceptors (Lipinski definition) is 2. The highest BCUT2D eigenvalue weighted by molar-refractivity contribution is 6.26. The maximum atomic E-state index is 8.93. The Hall–Kier alpha value is -3.49. The molecule has 0 aromatic heterocycles. The molecule has 0 bridgehead atoms. The molecule has 0 saturated carbocycles. The molecule has 0 atom stereocenters. The van der Waals surface area contributed by atoms with Crippen molar-refractivity contribution in [3.8, 4) is 0 Å². The Morgan fingerprint density at radius 2 is 1.06 bits per heavy atom. The van der Waals surface area contributed by atoms with Crippen molar-refractivity contribution in [2.45, 2.75) is 12.8 Å². The van der Waals surface area contributed by atoms with Gasteiger partial charge in [0, 0.05) is 5.57 Å². The molecular formula is C28H25ClN2. The van der Waals surface area contributed by atoms with Gasteiger partial charge in [-0.25, -0.2) is 0 Å². The average molecular weight is 425 g/mol. The van der Waals surface area contributed by atoms with Gasteiger partial charge in [0.25, 0.3) is 0 Å². The van der Waals surface area contributed by atoms with Gasteiger partial charge in [-0.3, -0.25) is 5.41 Å². The first-order valence-corrected chi connectivity index (χ1v) is 10.1. The Balaban J connectivity index is 0.00000272. The summed E-state index contributed by atoms with van der Waals surface area (Å²) >= 11 is 0. The molecule has 4 rings (SSSR count). The van der Waals surface area contributed by atoms with E-state index in [-0.39, 0.29) is 12.4 Å². The summed E-state index contributed by atoms with van der Waals surface area (Å²) < 4.78 is 0. The van der Waals surface area contributed by atoms with Crippen molar-refractivity contribution in [3.05, 3.63) is 137 Å². The molecule has 1 aliphatic carbocycles. The quantitative estimate of drug-likeness (QED) is 0.405. The number of hydrogen-bond donors (Lipinski definition) is 2. The lowest BCUT2D eigenvalue weighted by molar-refractivity contribution is 1.11. The van der Waals surface area contributed by atoms with Crippen LogP contribution in [0.3, 0.4) is 0 Å². The summed E-state index contributed by atoms with van der Waals surface area (Å²) in [5.41, 5.74) is 7.06. The molecule has 3 aromatic rings. The van der Waals surface area contributed by atoms with Gasteiger partial charge in [-0.15, -0.1) is 12.4 Å². The molecule has 1 aliphatic rings. The van der Waals surface area contributed by atoms with E-state index in [1.165, 1.54) is 0 Å². The Morgan fingerprint density at radius 3 is 1.61 bits per heavy atom. The van der Waals surface area contributed by atoms with E-state index in [0.29, 0.717) is 24.3 Å². The molecule has 2 N–H and O–H groups in total. The molecule has 0 fully saturated rings. The molecule has 3 heteroatoms. The summed E-state index contributed by atoms with van der Waals surface area (Å²) in [5.74, 6) is 0. The monoisotopic (exact) mass is 424 g/mol. The van der Waals surface area contributed by atoms with Crippen molar-refractivity contribution < 1.29 is 0 Å². The molecule has 0 aliphatic heterocycles. The lowest BCUT2D eigenvalue weighted by Crippen LogP contribution is -2.20. The van der Waals surface area contributed by atoms with Gasteiger partial charge in [0.15, 0.2) is 0 Å². The van der Waals surface area contributed by atoms with Gasteiger partial charge in [-0.1, -0.05) is 103 Å². The van der Waals surface area contributed by atoms with Gasteiger partial charge >= 0.3 is 0 Å². The van der Waals surface area contributed by atoms with E-state index in [1.807, 2.05) is 85.0 Å². The Bertz CT molecular complexity index is 1140. The van der Waals surface area contributed by atoms with E-state index < -0.39 is 0 Å². The first-order valence-electron chi connectivity index (χ1n) is 10.1. The van der Waals surface area contributed by atoms with E-state index >= 15 is 0 Å². The highest BCUT2D eigenvalue weighted by Gasteiger charge is 2.23. The predicted molar refractivity (Wildman–Crippen MR) is 134 cm³/mol. The van der Waals surface area contributed by atoms with Crippen LogP contribution in [0.1, 0.15) is 16.7 Å². The van der Waals surface area contributed by atoms with Crippen LogP contribution < -0.4 is 0 Å². The summed E-state index contributed by atoms with van der Waals surface area (Å²) in [5, 5.41) is 17.7. The zero-order valence-corrected chi connectivity index (χ0v) is 18.0. The molecule has 0 amide bonds. The van der Waals surface area contributed by atoms with Crippen molar-refractivity contribution in [3.63, 3.8) is 0 Å². The third-order valence-corrected chi connectivity index (χ3v) is 5.28. The molecule has 3 aromatic carbocycles. The van der Waals surface area contributed by atoms with E-state index in [4.69, 9.17) is 10.8 Å². The maximum Gasteiger partial charge on any atom is 0.0651 e. The Labute approximate surface area is 190 Å². The lowest BCUT2D eigenvalue weighted by Gasteiger charge is -2.22. The second-order valence-electron chi connectivity index (χ2n) is 7.41. The van der Waals surface area contributed by atoms with Crippen molar-refractivity contribution in [1.82, 2.24) is 0 Å². The first-order chi connectivity index (χ1) is 14.7. The summed E-state index contributed by atoms with van der Waals surface area (Å²) in [4.78, 5) is 0. The minimum absolute atomic E-state index is 0. The number of nitrogens with one attached hydrogen (secondary N) is 2. The molecule has 154 valence electrons. The zero-order valence-electron chi connectivity index (χ0n) is 17.2. The molecule has 2 nitrogen and oxygen atoms in total. The number of halogens is 1. The minimum Gasteiger partial charge on any atom is -0.301 e. The third-order valence-electron chi connectivity index (χ3n) is 5.28. The van der Waals surface area contributed by atoms with Crippen molar-refractivity contribution in [2.75, 3.05) is 0 Å². The van der Waals surface area contributed by atoms with Gasteiger partial charge in [0.1, 0.15) is 0 Å². The SMILES string of the molecule is Cl.N=C1C=C(C=Cc2ccccc2)C(=N)C(Cc2ccccc2)=C1Cc1ccccc1. The van der Waals surface area contributed by atoms with E-state index in [1.54, 1.807) is 0 Å². The fourth-order valence-corrected chi connectivity index (χ4v) is 3.68. The summed E-state index contributed by atoms with van der Waals surface area (Å²) in [6.45, 7) is 0. The van der Waals surface area contributed by atoms with Crippen LogP contribution in [0.2, 0.25) is 0 Å². The predicted octanol–water partition coefficient (Wildman–Crippen LogP) is 6.88. The zero-order chi connectivity index (χ0) is 20.8. The molecular weight excluding hydrogens is 400 g/mol. The lowest BCUT2D eigenvalue weighted by atomic mass is 9.82. The van der Waals surface area contributed by atoms with Crippen molar-refractivity contribution in [1.29, 1.82) is 10.8 Å². The van der Waals surface area contributed by atoms with E-state index in [9.17, 15) is 0 Å². The smallest absolute Gasteiger partial charge is 0.0651 e. The highest BCUT2D eigenvalue weighted by atomic mass is 35.5. The van der Waals surface area contributed by atoms with Crippen LogP contribution in [-0.2, 0) is 12.8 Å². The van der Waals surface area contributed by atoms with Crippen LogP contribution >= 0.6 is 12.4 Å². The van der Waals surface area contributed by atoms with Gasteiger partial charge in [-0.2, -0.15) is 0 Å². The topological polar surface area (TPSA) is 47.7 Å². The largest absolute Gasteiger partial charge is 0.301 e. The summed E-state index contributed by atoms with van der Waals surface area (Å²) in [6, 6.07) is 30.5. The molecule has 0 spiro atoms.